The number of benzene rings is 1. The molecule has 0 amide bonds. The molecule has 0 aliphatic carbocycles. The maximum Gasteiger partial charge on any atom is 0.387 e. The summed E-state index contributed by atoms with van der Waals surface area (Å²) in [5, 5.41) is 0. The van der Waals surface area contributed by atoms with Crippen LogP contribution in [0.25, 0.3) is 16.9 Å². The van der Waals surface area contributed by atoms with Gasteiger partial charge in [-0.15, -0.1) is 0 Å². The Morgan fingerprint density at radius 2 is 1.91 bits per heavy atom. The third kappa shape index (κ3) is 4.41. The summed E-state index contributed by atoms with van der Waals surface area (Å²) in [7, 11) is -3.09. The first-order chi connectivity index (χ1) is 15.4. The van der Waals surface area contributed by atoms with E-state index in [1.54, 1.807) is 32.9 Å². The summed E-state index contributed by atoms with van der Waals surface area (Å²) in [6.07, 6.45) is 0.0321. The second-order valence-corrected chi connectivity index (χ2v) is 11.0. The molecule has 8 nitrogen and oxygen atoms in total. The number of aromatic nitrogens is 3. The van der Waals surface area contributed by atoms with Gasteiger partial charge in [-0.1, -0.05) is 13.0 Å². The minimum atomic E-state index is -3.09. The predicted octanol–water partition coefficient (Wildman–Crippen LogP) is 3.38. The van der Waals surface area contributed by atoms with Crippen molar-refractivity contribution in [2.45, 2.75) is 39.8 Å². The number of sulfone groups is 1. The number of hydrogen-bond donors (Lipinski definition) is 0. The molecule has 33 heavy (non-hydrogen) atoms. The van der Waals surface area contributed by atoms with Crippen molar-refractivity contribution in [3.05, 3.63) is 52.6 Å². The second-order valence-electron chi connectivity index (χ2n) is 8.94. The number of alkyl halides is 2. The lowest BCUT2D eigenvalue weighted by atomic mass is 9.87. The minimum Gasteiger partial charge on any atom is -0.435 e. The largest absolute Gasteiger partial charge is 0.435 e. The Labute approximate surface area is 188 Å². The van der Waals surface area contributed by atoms with Crippen LogP contribution in [-0.4, -0.2) is 46.4 Å². The first-order valence-corrected chi connectivity index (χ1v) is 12.1. The molecule has 3 aromatic rings. The van der Waals surface area contributed by atoms with E-state index in [-0.39, 0.29) is 46.8 Å². The maximum atomic E-state index is 13.2. The number of ketones is 1. The summed E-state index contributed by atoms with van der Waals surface area (Å²) < 4.78 is 55.6. The van der Waals surface area contributed by atoms with Crippen LogP contribution in [-0.2, 0) is 9.84 Å². The van der Waals surface area contributed by atoms with Crippen molar-refractivity contribution in [3.8, 4) is 11.4 Å². The molecule has 176 valence electrons. The molecule has 1 fully saturated rings. The fourth-order valence-electron chi connectivity index (χ4n) is 4.36. The number of fused-ring (bicyclic) bond motifs is 1. The molecule has 0 N–H and O–H groups in total. The Morgan fingerprint density at radius 1 is 1.21 bits per heavy atom. The first kappa shape index (κ1) is 23.1. The van der Waals surface area contributed by atoms with Gasteiger partial charge in [0.15, 0.2) is 21.3 Å². The van der Waals surface area contributed by atoms with Crippen LogP contribution in [0.4, 0.5) is 8.78 Å². The third-order valence-electron chi connectivity index (χ3n) is 5.55. The number of carbonyl (C=O) groups is 1. The maximum absolute atomic E-state index is 13.2. The molecule has 1 aliphatic heterocycles. The Balaban J connectivity index is 1.78. The van der Waals surface area contributed by atoms with Crippen LogP contribution in [0.2, 0.25) is 0 Å². The zero-order chi connectivity index (χ0) is 24.1. The third-order valence-corrected chi connectivity index (χ3v) is 7.82. The molecule has 1 saturated heterocycles. The van der Waals surface area contributed by atoms with Gasteiger partial charge in [0.05, 0.1) is 22.7 Å². The molecule has 1 aliphatic rings. The highest BCUT2D eigenvalue weighted by Crippen LogP contribution is 2.36. The molecule has 0 saturated carbocycles. The average molecular weight is 480 g/mol. The van der Waals surface area contributed by atoms with Crippen molar-refractivity contribution in [3.63, 3.8) is 0 Å². The van der Waals surface area contributed by atoms with Crippen molar-refractivity contribution in [1.82, 2.24) is 14.1 Å². The summed E-state index contributed by atoms with van der Waals surface area (Å²) in [5.41, 5.74) is 0.0547. The van der Waals surface area contributed by atoms with Gasteiger partial charge in [0.25, 0.3) is 0 Å². The summed E-state index contributed by atoms with van der Waals surface area (Å²) in [4.78, 5) is 30.5. The highest BCUT2D eigenvalue weighted by molar-refractivity contribution is 7.92. The number of halogens is 2. The van der Waals surface area contributed by atoms with Crippen molar-refractivity contribution >= 4 is 26.8 Å². The molecular weight excluding hydrogens is 456 g/mol. The van der Waals surface area contributed by atoms with Crippen LogP contribution in [0.3, 0.4) is 0 Å². The fraction of sp³-hybridized carbons (Fsp3) is 0.409. The minimum absolute atomic E-state index is 0.0321. The van der Waals surface area contributed by atoms with E-state index < -0.39 is 27.6 Å². The van der Waals surface area contributed by atoms with E-state index in [1.807, 2.05) is 0 Å². The first-order valence-electron chi connectivity index (χ1n) is 10.3. The van der Waals surface area contributed by atoms with E-state index in [9.17, 15) is 26.8 Å². The van der Waals surface area contributed by atoms with E-state index in [4.69, 9.17) is 0 Å². The lowest BCUT2D eigenvalue weighted by Crippen LogP contribution is -2.47. The van der Waals surface area contributed by atoms with Crippen LogP contribution in [0, 0.1) is 5.41 Å². The summed E-state index contributed by atoms with van der Waals surface area (Å²) in [5.74, 6) is -0.489. The lowest BCUT2D eigenvalue weighted by molar-refractivity contribution is -0.0498. The molecule has 0 radical (unpaired) electrons. The Bertz CT molecular complexity index is 1400. The Kier molecular flexibility index (Phi) is 5.63. The van der Waals surface area contributed by atoms with Crippen molar-refractivity contribution in [2.24, 2.45) is 5.41 Å². The monoisotopic (exact) mass is 479 g/mol. The predicted molar refractivity (Wildman–Crippen MR) is 118 cm³/mol. The fourth-order valence-corrected chi connectivity index (χ4v) is 6.61. The topological polar surface area (TPSA) is 100 Å². The van der Waals surface area contributed by atoms with E-state index in [0.29, 0.717) is 11.2 Å². The number of pyridine rings is 1. The van der Waals surface area contributed by atoms with E-state index in [1.165, 1.54) is 33.4 Å². The molecule has 2 aromatic heterocycles. The van der Waals surface area contributed by atoms with Crippen molar-refractivity contribution < 1.29 is 26.7 Å². The van der Waals surface area contributed by atoms with E-state index >= 15 is 0 Å². The van der Waals surface area contributed by atoms with Gasteiger partial charge < -0.3 is 4.74 Å². The van der Waals surface area contributed by atoms with Gasteiger partial charge >= 0.3 is 12.3 Å². The smallest absolute Gasteiger partial charge is 0.387 e. The molecular formula is C22H23F2N3O5S. The number of rotatable bonds is 7. The van der Waals surface area contributed by atoms with Gasteiger partial charge in [-0.2, -0.15) is 8.78 Å². The standard InChI is InChI=1S/C22H23F2N3O5S/c1-13(2)26-19-17(27(21(26)29)14-5-4-6-15(9-14)32-20(23)24)8-7-16(25-19)18(28)10-22(3)11-33(30,31)12-22/h4-9,13,20H,10-12H2,1-3H3. The zero-order valence-corrected chi connectivity index (χ0v) is 19.1. The molecule has 0 spiro atoms. The number of Topliss-reactive ketones (excluding diaryl/α,β-unsaturated/α-hetero) is 1. The van der Waals surface area contributed by atoms with Gasteiger partial charge in [0.1, 0.15) is 11.4 Å². The van der Waals surface area contributed by atoms with Gasteiger partial charge in [-0.25, -0.2) is 18.2 Å². The summed E-state index contributed by atoms with van der Waals surface area (Å²) in [6, 6.07) is 8.54. The second kappa shape index (κ2) is 8.05. The molecule has 3 heterocycles. The van der Waals surface area contributed by atoms with Crippen LogP contribution < -0.4 is 10.4 Å². The van der Waals surface area contributed by atoms with Crippen LogP contribution in [0.1, 0.15) is 43.7 Å². The number of imidazole rings is 1. The normalized spacial score (nSPS) is 16.8. The lowest BCUT2D eigenvalue weighted by Gasteiger charge is -2.36. The number of carbonyl (C=O) groups excluding carboxylic acids is 1. The summed E-state index contributed by atoms with van der Waals surface area (Å²) >= 11 is 0. The van der Waals surface area contributed by atoms with Gasteiger partial charge in [0, 0.05) is 23.9 Å². The molecule has 0 bridgehead atoms. The molecule has 11 heteroatoms. The summed E-state index contributed by atoms with van der Waals surface area (Å²) in [6.45, 7) is 2.33. The quantitative estimate of drug-likeness (QED) is 0.482. The molecule has 1 aromatic carbocycles. The highest BCUT2D eigenvalue weighted by atomic mass is 32.2. The molecule has 4 rings (SSSR count). The van der Waals surface area contributed by atoms with Crippen molar-refractivity contribution in [2.75, 3.05) is 11.5 Å². The zero-order valence-electron chi connectivity index (χ0n) is 18.3. The van der Waals surface area contributed by atoms with Crippen molar-refractivity contribution in [1.29, 1.82) is 0 Å². The Hall–Kier alpha value is -3.08. The van der Waals surface area contributed by atoms with Crippen LogP contribution in [0.5, 0.6) is 5.75 Å². The SMILES string of the molecule is CC(C)n1c(=O)n(-c2cccc(OC(F)F)c2)c2ccc(C(=O)CC3(C)CS(=O)(=O)C3)nc21. The Morgan fingerprint density at radius 3 is 2.52 bits per heavy atom. The number of nitrogens with zero attached hydrogens (tertiary/aromatic N) is 3. The average Bonchev–Trinajstić information content (AvgIpc) is 2.96. The number of hydrogen-bond acceptors (Lipinski definition) is 6. The highest BCUT2D eigenvalue weighted by Gasteiger charge is 2.46. The van der Waals surface area contributed by atoms with Gasteiger partial charge in [-0.05, 0) is 38.1 Å². The van der Waals surface area contributed by atoms with E-state index in [0.717, 1.165) is 0 Å². The van der Waals surface area contributed by atoms with E-state index in [2.05, 4.69) is 9.72 Å². The number of ether oxygens (including phenoxy) is 1. The molecule has 0 atom stereocenters. The van der Waals surface area contributed by atoms with Gasteiger partial charge in [-0.3, -0.25) is 13.9 Å². The van der Waals surface area contributed by atoms with Gasteiger partial charge in [0.2, 0.25) is 0 Å². The van der Waals surface area contributed by atoms with Crippen LogP contribution >= 0.6 is 0 Å². The molecule has 0 unspecified atom stereocenters. The van der Waals surface area contributed by atoms with Crippen LogP contribution in [0.15, 0.2) is 41.2 Å².